The molecule has 0 unspecified atom stereocenters. The molecule has 2 rings (SSSR count). The highest BCUT2D eigenvalue weighted by atomic mass is 15.4. The molecule has 1 aliphatic rings. The first-order valence-corrected chi connectivity index (χ1v) is 7.17. The van der Waals surface area contributed by atoms with E-state index in [0.717, 1.165) is 12.8 Å². The fraction of sp³-hybridized carbons (Fsp3) is 0.867. The minimum atomic E-state index is 0.353. The topological polar surface area (TPSA) is 30.7 Å². The molecule has 0 N–H and O–H groups in total. The maximum Gasteiger partial charge on any atom is 0.0864 e. The Morgan fingerprint density at radius 2 is 1.50 bits per heavy atom. The number of fused-ring (bicyclic) bond motifs is 1. The van der Waals surface area contributed by atoms with E-state index >= 15 is 0 Å². The maximum atomic E-state index is 4.40. The summed E-state index contributed by atoms with van der Waals surface area (Å²) in [6.45, 7) is 9.46. The summed E-state index contributed by atoms with van der Waals surface area (Å²) in [5.74, 6) is 0. The van der Waals surface area contributed by atoms with Gasteiger partial charge in [0.1, 0.15) is 0 Å². The van der Waals surface area contributed by atoms with Gasteiger partial charge in [0.25, 0.3) is 0 Å². The Kier molecular flexibility index (Phi) is 3.52. The molecule has 0 saturated carbocycles. The van der Waals surface area contributed by atoms with Crippen LogP contribution in [0, 0.1) is 10.8 Å². The SMILES string of the molecule is Cn1nnc2c1CC(C)(C)CCCCC(C)(C)C2. The molecule has 0 radical (unpaired) electrons. The second kappa shape index (κ2) is 4.67. The molecular weight excluding hydrogens is 222 g/mol. The number of rotatable bonds is 0. The highest BCUT2D eigenvalue weighted by molar-refractivity contribution is 5.14. The van der Waals surface area contributed by atoms with Crippen LogP contribution in [-0.4, -0.2) is 15.0 Å². The zero-order valence-electron chi connectivity index (χ0n) is 12.6. The second-order valence-electron chi connectivity index (χ2n) is 7.50. The molecule has 0 aromatic carbocycles. The number of aryl methyl sites for hydroxylation is 1. The number of nitrogens with zero attached hydrogens (tertiary/aromatic N) is 3. The molecular formula is C15H27N3. The Morgan fingerprint density at radius 1 is 0.944 bits per heavy atom. The lowest BCUT2D eigenvalue weighted by Crippen LogP contribution is -2.23. The van der Waals surface area contributed by atoms with Crippen LogP contribution >= 0.6 is 0 Å². The predicted molar refractivity (Wildman–Crippen MR) is 74.4 cm³/mol. The van der Waals surface area contributed by atoms with E-state index in [1.54, 1.807) is 0 Å². The first-order chi connectivity index (χ1) is 8.29. The molecule has 1 aliphatic carbocycles. The van der Waals surface area contributed by atoms with Gasteiger partial charge in [0.15, 0.2) is 0 Å². The van der Waals surface area contributed by atoms with E-state index in [-0.39, 0.29) is 0 Å². The third-order valence-electron chi connectivity index (χ3n) is 4.27. The molecule has 0 spiro atoms. The summed E-state index contributed by atoms with van der Waals surface area (Å²) >= 11 is 0. The van der Waals surface area contributed by atoms with Crippen LogP contribution in [0.3, 0.4) is 0 Å². The minimum Gasteiger partial charge on any atom is -0.252 e. The van der Waals surface area contributed by atoms with Crippen LogP contribution in [0.1, 0.15) is 64.8 Å². The second-order valence-corrected chi connectivity index (χ2v) is 7.50. The third-order valence-corrected chi connectivity index (χ3v) is 4.27. The fourth-order valence-electron chi connectivity index (χ4n) is 3.06. The van der Waals surface area contributed by atoms with Crippen molar-refractivity contribution in [3.63, 3.8) is 0 Å². The molecule has 3 nitrogen and oxygen atoms in total. The molecule has 1 aromatic rings. The van der Waals surface area contributed by atoms with Gasteiger partial charge in [-0.2, -0.15) is 0 Å². The monoisotopic (exact) mass is 249 g/mol. The maximum absolute atomic E-state index is 4.40. The largest absolute Gasteiger partial charge is 0.252 e. The van der Waals surface area contributed by atoms with Crippen molar-refractivity contribution in [1.82, 2.24) is 15.0 Å². The van der Waals surface area contributed by atoms with Crippen LogP contribution in [0.4, 0.5) is 0 Å². The molecule has 0 fully saturated rings. The molecule has 0 atom stereocenters. The number of aromatic nitrogens is 3. The van der Waals surface area contributed by atoms with E-state index in [0.29, 0.717) is 10.8 Å². The van der Waals surface area contributed by atoms with Crippen LogP contribution < -0.4 is 0 Å². The van der Waals surface area contributed by atoms with Crippen LogP contribution in [0.25, 0.3) is 0 Å². The summed E-state index contributed by atoms with van der Waals surface area (Å²) in [4.78, 5) is 0. The molecule has 102 valence electrons. The number of hydrogen-bond donors (Lipinski definition) is 0. The van der Waals surface area contributed by atoms with Crippen molar-refractivity contribution in [3.8, 4) is 0 Å². The summed E-state index contributed by atoms with van der Waals surface area (Å²) in [5, 5.41) is 8.64. The van der Waals surface area contributed by atoms with Crippen molar-refractivity contribution in [2.45, 2.75) is 66.2 Å². The van der Waals surface area contributed by atoms with E-state index in [2.05, 4.69) is 38.0 Å². The van der Waals surface area contributed by atoms with Crippen LogP contribution in [0.15, 0.2) is 0 Å². The average Bonchev–Trinajstić information content (AvgIpc) is 2.55. The van der Waals surface area contributed by atoms with Gasteiger partial charge >= 0.3 is 0 Å². The van der Waals surface area contributed by atoms with E-state index < -0.39 is 0 Å². The average molecular weight is 249 g/mol. The Hall–Kier alpha value is -0.860. The fourth-order valence-corrected chi connectivity index (χ4v) is 3.06. The minimum absolute atomic E-state index is 0.353. The predicted octanol–water partition coefficient (Wildman–Crippen LogP) is 3.53. The smallest absolute Gasteiger partial charge is 0.0864 e. The van der Waals surface area contributed by atoms with E-state index in [1.165, 1.54) is 37.1 Å². The summed E-state index contributed by atoms with van der Waals surface area (Å²) in [6, 6.07) is 0. The Bertz CT molecular complexity index is 415. The van der Waals surface area contributed by atoms with E-state index in [9.17, 15) is 0 Å². The highest BCUT2D eigenvalue weighted by Crippen LogP contribution is 2.35. The van der Waals surface area contributed by atoms with Crippen molar-refractivity contribution in [2.75, 3.05) is 0 Å². The Morgan fingerprint density at radius 3 is 2.11 bits per heavy atom. The molecule has 0 aliphatic heterocycles. The van der Waals surface area contributed by atoms with Gasteiger partial charge in [-0.1, -0.05) is 45.7 Å². The van der Waals surface area contributed by atoms with Crippen molar-refractivity contribution in [3.05, 3.63) is 11.4 Å². The molecule has 18 heavy (non-hydrogen) atoms. The summed E-state index contributed by atoms with van der Waals surface area (Å²) in [6.07, 6.45) is 7.43. The lowest BCUT2D eigenvalue weighted by Gasteiger charge is -2.30. The molecule has 0 saturated heterocycles. The van der Waals surface area contributed by atoms with Crippen molar-refractivity contribution in [1.29, 1.82) is 0 Å². The first-order valence-electron chi connectivity index (χ1n) is 7.17. The number of hydrogen-bond acceptors (Lipinski definition) is 2. The van der Waals surface area contributed by atoms with Crippen LogP contribution in [0.2, 0.25) is 0 Å². The van der Waals surface area contributed by atoms with Crippen LogP contribution in [-0.2, 0) is 19.9 Å². The van der Waals surface area contributed by atoms with E-state index in [4.69, 9.17) is 0 Å². The van der Waals surface area contributed by atoms with Gasteiger partial charge < -0.3 is 0 Å². The molecule has 1 aromatic heterocycles. The zero-order chi connectivity index (χ0) is 13.4. The van der Waals surface area contributed by atoms with Crippen molar-refractivity contribution >= 4 is 0 Å². The van der Waals surface area contributed by atoms with Crippen LogP contribution in [0.5, 0.6) is 0 Å². The van der Waals surface area contributed by atoms with Gasteiger partial charge in [-0.25, -0.2) is 0 Å². The zero-order valence-corrected chi connectivity index (χ0v) is 12.6. The quantitative estimate of drug-likeness (QED) is 0.704. The lowest BCUT2D eigenvalue weighted by atomic mass is 9.76. The van der Waals surface area contributed by atoms with E-state index in [1.807, 2.05) is 11.7 Å². The van der Waals surface area contributed by atoms with Gasteiger partial charge in [0, 0.05) is 7.05 Å². The molecule has 0 bridgehead atoms. The van der Waals surface area contributed by atoms with Crippen molar-refractivity contribution in [2.24, 2.45) is 17.9 Å². The van der Waals surface area contributed by atoms with Gasteiger partial charge in [-0.05, 0) is 36.5 Å². The van der Waals surface area contributed by atoms with Gasteiger partial charge in [0.05, 0.1) is 11.4 Å². The Labute approximate surface area is 111 Å². The van der Waals surface area contributed by atoms with Gasteiger partial charge in [0.2, 0.25) is 0 Å². The van der Waals surface area contributed by atoms with Gasteiger partial charge in [-0.3, -0.25) is 4.68 Å². The lowest BCUT2D eigenvalue weighted by molar-refractivity contribution is 0.265. The van der Waals surface area contributed by atoms with Gasteiger partial charge in [-0.15, -0.1) is 5.10 Å². The molecule has 3 heteroatoms. The highest BCUT2D eigenvalue weighted by Gasteiger charge is 2.28. The standard InChI is InChI=1S/C15H27N3/c1-14(2)8-6-7-9-15(3,4)11-13-12(10-14)16-17-18(13)5/h6-11H2,1-5H3. The molecule has 1 heterocycles. The molecule has 0 amide bonds. The first kappa shape index (κ1) is 13.6. The normalized spacial score (nSPS) is 23.4. The Balaban J connectivity index is 2.33. The summed E-state index contributed by atoms with van der Waals surface area (Å²) < 4.78 is 1.98. The summed E-state index contributed by atoms with van der Waals surface area (Å²) in [5.41, 5.74) is 3.28. The third kappa shape index (κ3) is 3.12. The van der Waals surface area contributed by atoms with Crippen molar-refractivity contribution < 1.29 is 0 Å². The summed E-state index contributed by atoms with van der Waals surface area (Å²) in [7, 11) is 2.03.